The molecule has 4 rings (SSSR count). The Kier molecular flexibility index (Phi) is 7.19. The summed E-state index contributed by atoms with van der Waals surface area (Å²) in [7, 11) is 0. The highest BCUT2D eigenvalue weighted by Crippen LogP contribution is 2.29. The molecule has 0 unspecified atom stereocenters. The highest BCUT2D eigenvalue weighted by Gasteiger charge is 2.18. The molecule has 0 saturated carbocycles. The molecule has 1 heterocycles. The summed E-state index contributed by atoms with van der Waals surface area (Å²) in [5.41, 5.74) is 4.77. The van der Waals surface area contributed by atoms with Crippen molar-refractivity contribution in [2.45, 2.75) is 31.8 Å². The first-order valence-corrected chi connectivity index (χ1v) is 11.9. The second-order valence-corrected chi connectivity index (χ2v) is 8.42. The zero-order valence-corrected chi connectivity index (χ0v) is 19.4. The van der Waals surface area contributed by atoms with Crippen molar-refractivity contribution >= 4 is 23.4 Å². The number of nitrogens with zero attached hydrogens (tertiary/aromatic N) is 3. The van der Waals surface area contributed by atoms with Gasteiger partial charge in [-0.1, -0.05) is 62.0 Å². The fourth-order valence-electron chi connectivity index (χ4n) is 3.67. The second-order valence-electron chi connectivity index (χ2n) is 7.48. The van der Waals surface area contributed by atoms with Gasteiger partial charge in [0.25, 0.3) is 0 Å². The van der Waals surface area contributed by atoms with Gasteiger partial charge in [-0.15, -0.1) is 10.2 Å². The molecule has 0 spiro atoms. The lowest BCUT2D eigenvalue weighted by Gasteiger charge is -2.14. The van der Waals surface area contributed by atoms with Crippen LogP contribution in [0.4, 0.5) is 10.1 Å². The summed E-state index contributed by atoms with van der Waals surface area (Å²) in [5.74, 6) is 0.375. The maximum absolute atomic E-state index is 13.4. The van der Waals surface area contributed by atoms with E-state index in [1.54, 1.807) is 12.1 Å². The van der Waals surface area contributed by atoms with Gasteiger partial charge in [-0.05, 0) is 60.4 Å². The molecule has 0 fully saturated rings. The van der Waals surface area contributed by atoms with Crippen LogP contribution in [0.15, 0.2) is 78.0 Å². The molecule has 1 amide bonds. The maximum Gasteiger partial charge on any atom is 0.234 e. The molecule has 3 aromatic carbocycles. The monoisotopic (exact) mass is 460 g/mol. The molecule has 0 aliphatic carbocycles. The van der Waals surface area contributed by atoms with Crippen LogP contribution in [-0.2, 0) is 17.6 Å². The first kappa shape index (κ1) is 22.7. The molecule has 0 saturated heterocycles. The molecule has 168 valence electrons. The largest absolute Gasteiger partial charge is 0.325 e. The molecular formula is C26H25FN4OS. The lowest BCUT2D eigenvalue weighted by atomic mass is 10.0. The molecule has 0 atom stereocenters. The third-order valence-corrected chi connectivity index (χ3v) is 6.27. The van der Waals surface area contributed by atoms with E-state index in [2.05, 4.69) is 29.4 Å². The standard InChI is InChI=1S/C26H25FN4OS/c1-3-18-9-8-10-19(4-2)24(18)28-23(32)17-33-26-30-29-25(20-13-15-21(27)16-14-20)31(26)22-11-6-5-7-12-22/h5-16H,3-4,17H2,1-2H3,(H,28,32). The van der Waals surface area contributed by atoms with Crippen LogP contribution in [-0.4, -0.2) is 26.4 Å². The average molecular weight is 461 g/mol. The molecule has 1 N–H and O–H groups in total. The first-order valence-electron chi connectivity index (χ1n) is 10.9. The predicted octanol–water partition coefficient (Wildman–Crippen LogP) is 5.93. The zero-order valence-electron chi connectivity index (χ0n) is 18.6. The predicted molar refractivity (Wildman–Crippen MR) is 131 cm³/mol. The molecule has 5 nitrogen and oxygen atoms in total. The van der Waals surface area contributed by atoms with E-state index < -0.39 is 0 Å². The minimum absolute atomic E-state index is 0.0958. The Hall–Kier alpha value is -3.45. The van der Waals surface area contributed by atoms with Gasteiger partial charge >= 0.3 is 0 Å². The van der Waals surface area contributed by atoms with Crippen LogP contribution in [0.2, 0.25) is 0 Å². The van der Waals surface area contributed by atoms with Gasteiger partial charge < -0.3 is 5.32 Å². The molecule has 0 aliphatic heterocycles. The fourth-order valence-corrected chi connectivity index (χ4v) is 4.42. The number of amides is 1. The number of hydrogen-bond donors (Lipinski definition) is 1. The molecular weight excluding hydrogens is 435 g/mol. The van der Waals surface area contributed by atoms with Crippen molar-refractivity contribution in [2.24, 2.45) is 0 Å². The van der Waals surface area contributed by atoms with Gasteiger partial charge in [0.05, 0.1) is 5.75 Å². The van der Waals surface area contributed by atoms with Crippen LogP contribution in [0.25, 0.3) is 17.1 Å². The molecule has 0 bridgehead atoms. The van der Waals surface area contributed by atoms with Gasteiger partial charge in [0, 0.05) is 16.9 Å². The number of benzene rings is 3. The van der Waals surface area contributed by atoms with Crippen LogP contribution < -0.4 is 5.32 Å². The van der Waals surface area contributed by atoms with E-state index in [-0.39, 0.29) is 17.5 Å². The van der Waals surface area contributed by atoms with Gasteiger partial charge in [0.2, 0.25) is 5.91 Å². The first-order chi connectivity index (χ1) is 16.1. The van der Waals surface area contributed by atoms with E-state index in [1.807, 2.05) is 53.1 Å². The number of para-hydroxylation sites is 2. The highest BCUT2D eigenvalue weighted by molar-refractivity contribution is 7.99. The Morgan fingerprint density at radius 1 is 0.909 bits per heavy atom. The van der Waals surface area contributed by atoms with E-state index in [4.69, 9.17) is 0 Å². The molecule has 1 aromatic heterocycles. The number of anilines is 1. The summed E-state index contributed by atoms with van der Waals surface area (Å²) in [4.78, 5) is 12.9. The zero-order chi connectivity index (χ0) is 23.2. The van der Waals surface area contributed by atoms with E-state index in [0.717, 1.165) is 40.9 Å². The number of thioether (sulfide) groups is 1. The summed E-state index contributed by atoms with van der Waals surface area (Å²) in [5, 5.41) is 12.4. The van der Waals surface area contributed by atoms with Crippen molar-refractivity contribution in [3.05, 3.63) is 89.7 Å². The quantitative estimate of drug-likeness (QED) is 0.331. The van der Waals surface area contributed by atoms with Crippen molar-refractivity contribution in [3.63, 3.8) is 0 Å². The smallest absolute Gasteiger partial charge is 0.234 e. The van der Waals surface area contributed by atoms with Crippen molar-refractivity contribution < 1.29 is 9.18 Å². The summed E-state index contributed by atoms with van der Waals surface area (Å²) in [6, 6.07) is 22.0. The number of nitrogens with one attached hydrogen (secondary N) is 1. The summed E-state index contributed by atoms with van der Waals surface area (Å²) < 4.78 is 15.3. The number of aryl methyl sites for hydroxylation is 2. The van der Waals surface area contributed by atoms with Crippen molar-refractivity contribution in [1.82, 2.24) is 14.8 Å². The minimum atomic E-state index is -0.311. The Balaban J connectivity index is 1.59. The summed E-state index contributed by atoms with van der Waals surface area (Å²) in [6.07, 6.45) is 1.69. The van der Waals surface area contributed by atoms with Gasteiger partial charge in [0.1, 0.15) is 5.82 Å². The minimum Gasteiger partial charge on any atom is -0.325 e. The molecule has 33 heavy (non-hydrogen) atoms. The SMILES string of the molecule is CCc1cccc(CC)c1NC(=O)CSc1nnc(-c2ccc(F)cc2)n1-c1ccccc1. The fraction of sp³-hybridized carbons (Fsp3) is 0.192. The summed E-state index contributed by atoms with van der Waals surface area (Å²) >= 11 is 1.32. The second kappa shape index (κ2) is 10.4. The third-order valence-electron chi connectivity index (χ3n) is 5.35. The van der Waals surface area contributed by atoms with E-state index in [1.165, 1.54) is 23.9 Å². The Labute approximate surface area is 197 Å². The van der Waals surface area contributed by atoms with Crippen molar-refractivity contribution in [2.75, 3.05) is 11.1 Å². The third kappa shape index (κ3) is 5.14. The van der Waals surface area contributed by atoms with Crippen LogP contribution in [0.1, 0.15) is 25.0 Å². The van der Waals surface area contributed by atoms with Crippen LogP contribution in [0, 0.1) is 5.82 Å². The van der Waals surface area contributed by atoms with E-state index in [0.29, 0.717) is 11.0 Å². The van der Waals surface area contributed by atoms with Crippen LogP contribution in [0.5, 0.6) is 0 Å². The van der Waals surface area contributed by atoms with E-state index >= 15 is 0 Å². The lowest BCUT2D eigenvalue weighted by Crippen LogP contribution is -2.17. The number of aromatic nitrogens is 3. The molecule has 0 aliphatic rings. The van der Waals surface area contributed by atoms with Gasteiger partial charge in [0.15, 0.2) is 11.0 Å². The number of hydrogen-bond acceptors (Lipinski definition) is 4. The van der Waals surface area contributed by atoms with Gasteiger partial charge in [-0.3, -0.25) is 9.36 Å². The summed E-state index contributed by atoms with van der Waals surface area (Å²) in [6.45, 7) is 4.16. The average Bonchev–Trinajstić information content (AvgIpc) is 3.28. The van der Waals surface area contributed by atoms with Gasteiger partial charge in [-0.25, -0.2) is 4.39 Å². The van der Waals surface area contributed by atoms with Crippen molar-refractivity contribution in [3.8, 4) is 17.1 Å². The molecule has 4 aromatic rings. The molecule has 7 heteroatoms. The Morgan fingerprint density at radius 2 is 1.58 bits per heavy atom. The Bertz CT molecular complexity index is 1220. The number of carbonyl (C=O) groups is 1. The van der Waals surface area contributed by atoms with Crippen molar-refractivity contribution in [1.29, 1.82) is 0 Å². The Morgan fingerprint density at radius 3 is 2.21 bits per heavy atom. The van der Waals surface area contributed by atoms with Gasteiger partial charge in [-0.2, -0.15) is 0 Å². The molecule has 0 radical (unpaired) electrons. The van der Waals surface area contributed by atoms with Crippen LogP contribution >= 0.6 is 11.8 Å². The highest BCUT2D eigenvalue weighted by atomic mass is 32.2. The number of rotatable bonds is 8. The normalized spacial score (nSPS) is 10.9. The lowest BCUT2D eigenvalue weighted by molar-refractivity contribution is -0.113. The number of carbonyl (C=O) groups excluding carboxylic acids is 1. The topological polar surface area (TPSA) is 59.8 Å². The maximum atomic E-state index is 13.4. The number of halogens is 1. The van der Waals surface area contributed by atoms with E-state index in [9.17, 15) is 9.18 Å². The van der Waals surface area contributed by atoms with Crippen LogP contribution in [0.3, 0.4) is 0 Å².